The number of hydrogen-bond donors (Lipinski definition) is 1. The molecule has 0 aliphatic carbocycles. The van der Waals surface area contributed by atoms with Crippen LogP contribution in [0.2, 0.25) is 0 Å². The van der Waals surface area contributed by atoms with Crippen molar-refractivity contribution in [2.24, 2.45) is 0 Å². The first-order valence-electron chi connectivity index (χ1n) is 8.38. The van der Waals surface area contributed by atoms with Crippen LogP contribution in [0.25, 0.3) is 0 Å². The van der Waals surface area contributed by atoms with Gasteiger partial charge >= 0.3 is 5.97 Å². The lowest BCUT2D eigenvalue weighted by molar-refractivity contribution is -0.146. The van der Waals surface area contributed by atoms with Crippen molar-refractivity contribution in [3.8, 4) is 17.2 Å². The summed E-state index contributed by atoms with van der Waals surface area (Å²) in [6, 6.07) is 8.73. The lowest BCUT2D eigenvalue weighted by atomic mass is 10.1. The van der Waals surface area contributed by atoms with Gasteiger partial charge in [0.25, 0.3) is 5.91 Å². The normalized spacial score (nSPS) is 10.2. The molecule has 0 aliphatic rings. The first-order valence-corrected chi connectivity index (χ1v) is 9.17. The molecule has 1 amide bonds. The van der Waals surface area contributed by atoms with E-state index < -0.39 is 11.9 Å². The summed E-state index contributed by atoms with van der Waals surface area (Å²) in [7, 11) is 4.49. The van der Waals surface area contributed by atoms with E-state index in [0.717, 1.165) is 10.0 Å². The molecule has 0 unspecified atom stereocenters. The molecule has 0 radical (unpaired) electrons. The monoisotopic (exact) mass is 451 g/mol. The Balaban J connectivity index is 1.94. The van der Waals surface area contributed by atoms with Crippen LogP contribution >= 0.6 is 15.9 Å². The molecule has 2 rings (SSSR count). The maximum absolute atomic E-state index is 12.1. The molecule has 0 heterocycles. The molecular weight excluding hydrogens is 430 g/mol. The Labute approximate surface area is 172 Å². The Morgan fingerprint density at radius 3 is 2.18 bits per heavy atom. The molecule has 0 saturated carbocycles. The SMILES string of the molecule is COc1cc(CC(=O)OCC(=O)Nc2ccc(Br)c(C)c2)cc(OC)c1OC. The van der Waals surface area contributed by atoms with Crippen LogP contribution in [0.3, 0.4) is 0 Å². The van der Waals surface area contributed by atoms with Crippen LogP contribution in [-0.2, 0) is 20.7 Å². The highest BCUT2D eigenvalue weighted by Gasteiger charge is 2.16. The van der Waals surface area contributed by atoms with Gasteiger partial charge in [0, 0.05) is 10.2 Å². The number of hydrogen-bond acceptors (Lipinski definition) is 6. The van der Waals surface area contributed by atoms with Crippen molar-refractivity contribution >= 4 is 33.5 Å². The van der Waals surface area contributed by atoms with Gasteiger partial charge in [0.05, 0.1) is 27.8 Å². The minimum Gasteiger partial charge on any atom is -0.493 e. The van der Waals surface area contributed by atoms with Crippen molar-refractivity contribution in [2.75, 3.05) is 33.3 Å². The largest absolute Gasteiger partial charge is 0.493 e. The van der Waals surface area contributed by atoms with Crippen molar-refractivity contribution in [3.63, 3.8) is 0 Å². The highest BCUT2D eigenvalue weighted by molar-refractivity contribution is 9.10. The van der Waals surface area contributed by atoms with E-state index in [1.165, 1.54) is 21.3 Å². The molecule has 0 saturated heterocycles. The third-order valence-corrected chi connectivity index (χ3v) is 4.77. The van der Waals surface area contributed by atoms with Gasteiger partial charge in [-0.25, -0.2) is 0 Å². The molecule has 2 aromatic carbocycles. The highest BCUT2D eigenvalue weighted by atomic mass is 79.9. The number of esters is 1. The summed E-state index contributed by atoms with van der Waals surface area (Å²) in [6.45, 7) is 1.54. The second-order valence-electron chi connectivity index (χ2n) is 5.88. The van der Waals surface area contributed by atoms with Gasteiger partial charge in [-0.05, 0) is 48.4 Å². The lowest BCUT2D eigenvalue weighted by Crippen LogP contribution is -2.21. The third kappa shape index (κ3) is 5.63. The number of benzene rings is 2. The Kier molecular flexibility index (Phi) is 7.69. The summed E-state index contributed by atoms with van der Waals surface area (Å²) >= 11 is 3.40. The van der Waals surface area contributed by atoms with Gasteiger partial charge in [-0.2, -0.15) is 0 Å². The topological polar surface area (TPSA) is 83.1 Å². The number of carbonyl (C=O) groups is 2. The zero-order valence-electron chi connectivity index (χ0n) is 16.1. The fourth-order valence-corrected chi connectivity index (χ4v) is 2.77. The molecule has 0 aromatic heterocycles. The van der Waals surface area contributed by atoms with Crippen molar-refractivity contribution in [1.29, 1.82) is 0 Å². The van der Waals surface area contributed by atoms with Crippen LogP contribution in [0.4, 0.5) is 5.69 Å². The van der Waals surface area contributed by atoms with Crippen LogP contribution in [0.15, 0.2) is 34.8 Å². The van der Waals surface area contributed by atoms with Gasteiger partial charge in [-0.1, -0.05) is 15.9 Å². The molecule has 2 aromatic rings. The second kappa shape index (κ2) is 9.98. The summed E-state index contributed by atoms with van der Waals surface area (Å²) in [5.41, 5.74) is 2.23. The van der Waals surface area contributed by atoms with E-state index in [4.69, 9.17) is 18.9 Å². The number of carbonyl (C=O) groups excluding carboxylic acids is 2. The van der Waals surface area contributed by atoms with E-state index in [1.54, 1.807) is 18.2 Å². The number of ether oxygens (including phenoxy) is 4. The van der Waals surface area contributed by atoms with Crippen LogP contribution in [0.1, 0.15) is 11.1 Å². The second-order valence-corrected chi connectivity index (χ2v) is 6.74. The Morgan fingerprint density at radius 2 is 1.64 bits per heavy atom. The van der Waals surface area contributed by atoms with Crippen molar-refractivity contribution < 1.29 is 28.5 Å². The molecule has 0 fully saturated rings. The van der Waals surface area contributed by atoms with Crippen LogP contribution in [0.5, 0.6) is 17.2 Å². The Hall–Kier alpha value is -2.74. The number of aryl methyl sites for hydroxylation is 1. The maximum Gasteiger partial charge on any atom is 0.310 e. The minimum absolute atomic E-state index is 0.0403. The molecular formula is C20H22BrNO6. The summed E-state index contributed by atoms with van der Waals surface area (Å²) in [5.74, 6) is 0.351. The van der Waals surface area contributed by atoms with Gasteiger partial charge in [-0.3, -0.25) is 9.59 Å². The van der Waals surface area contributed by atoms with E-state index >= 15 is 0 Å². The molecule has 28 heavy (non-hydrogen) atoms. The van der Waals surface area contributed by atoms with Crippen LogP contribution < -0.4 is 19.5 Å². The average Bonchev–Trinajstić information content (AvgIpc) is 2.68. The van der Waals surface area contributed by atoms with E-state index in [-0.39, 0.29) is 13.0 Å². The van der Waals surface area contributed by atoms with E-state index in [0.29, 0.717) is 28.5 Å². The van der Waals surface area contributed by atoms with Crippen LogP contribution in [-0.4, -0.2) is 39.8 Å². The predicted octanol–water partition coefficient (Wildman–Crippen LogP) is 3.51. The van der Waals surface area contributed by atoms with Gasteiger partial charge in [0.15, 0.2) is 18.1 Å². The number of methoxy groups -OCH3 is 3. The number of amides is 1. The molecule has 0 atom stereocenters. The van der Waals surface area contributed by atoms with Crippen molar-refractivity contribution in [1.82, 2.24) is 0 Å². The van der Waals surface area contributed by atoms with Crippen molar-refractivity contribution in [2.45, 2.75) is 13.3 Å². The molecule has 8 heteroatoms. The van der Waals surface area contributed by atoms with Crippen LogP contribution in [0, 0.1) is 6.92 Å². The van der Waals surface area contributed by atoms with Gasteiger partial charge < -0.3 is 24.3 Å². The van der Waals surface area contributed by atoms with E-state index in [2.05, 4.69) is 21.2 Å². The quantitative estimate of drug-likeness (QED) is 0.618. The Bertz CT molecular complexity index is 843. The zero-order valence-corrected chi connectivity index (χ0v) is 17.7. The molecule has 0 aliphatic heterocycles. The van der Waals surface area contributed by atoms with Gasteiger partial charge in [0.2, 0.25) is 5.75 Å². The fourth-order valence-electron chi connectivity index (χ4n) is 2.52. The summed E-state index contributed by atoms with van der Waals surface area (Å²) in [5, 5.41) is 2.69. The summed E-state index contributed by atoms with van der Waals surface area (Å²) < 4.78 is 21.8. The first kappa shape index (κ1) is 21.6. The number of rotatable bonds is 8. The standard InChI is InChI=1S/C20H22BrNO6/c1-12-7-14(5-6-15(12)21)22-18(23)11-28-19(24)10-13-8-16(25-2)20(27-4)17(9-13)26-3/h5-9H,10-11H2,1-4H3,(H,22,23). The molecule has 7 nitrogen and oxygen atoms in total. The molecule has 150 valence electrons. The lowest BCUT2D eigenvalue weighted by Gasteiger charge is -2.14. The number of halogens is 1. The fraction of sp³-hybridized carbons (Fsp3) is 0.300. The third-order valence-electron chi connectivity index (χ3n) is 3.88. The van der Waals surface area contributed by atoms with E-state index in [1.807, 2.05) is 19.1 Å². The van der Waals surface area contributed by atoms with Gasteiger partial charge in [-0.15, -0.1) is 0 Å². The predicted molar refractivity (Wildman–Crippen MR) is 108 cm³/mol. The number of anilines is 1. The summed E-state index contributed by atoms with van der Waals surface area (Å²) in [6.07, 6.45) is -0.0403. The number of nitrogens with one attached hydrogen (secondary N) is 1. The molecule has 0 spiro atoms. The van der Waals surface area contributed by atoms with Gasteiger partial charge in [0.1, 0.15) is 0 Å². The molecule has 1 N–H and O–H groups in total. The first-order chi connectivity index (χ1) is 13.4. The van der Waals surface area contributed by atoms with Crippen molar-refractivity contribution in [3.05, 3.63) is 45.9 Å². The maximum atomic E-state index is 12.1. The average molecular weight is 452 g/mol. The smallest absolute Gasteiger partial charge is 0.310 e. The zero-order chi connectivity index (χ0) is 20.7. The summed E-state index contributed by atoms with van der Waals surface area (Å²) in [4.78, 5) is 24.1. The molecule has 0 bridgehead atoms. The minimum atomic E-state index is -0.545. The Morgan fingerprint density at radius 1 is 1.00 bits per heavy atom. The van der Waals surface area contributed by atoms with E-state index in [9.17, 15) is 9.59 Å². The highest BCUT2D eigenvalue weighted by Crippen LogP contribution is 2.38.